The second kappa shape index (κ2) is 3.64. The number of thiazole rings is 1. The summed E-state index contributed by atoms with van der Waals surface area (Å²) in [5, 5.41) is 3.07. The number of nitrogens with two attached hydrogens (primary N) is 1. The minimum absolute atomic E-state index is 0.0254. The van der Waals surface area contributed by atoms with Crippen LogP contribution in [0.4, 0.5) is 0 Å². The average molecular weight is 168 g/mol. The first kappa shape index (κ1) is 8.43. The van der Waals surface area contributed by atoms with Gasteiger partial charge in [-0.15, -0.1) is 17.9 Å². The molecule has 2 nitrogen and oxygen atoms in total. The van der Waals surface area contributed by atoms with Crippen molar-refractivity contribution in [1.29, 1.82) is 0 Å². The molecular weight excluding hydrogens is 156 g/mol. The monoisotopic (exact) mass is 168 g/mol. The minimum atomic E-state index is 0.0254. The van der Waals surface area contributed by atoms with Crippen molar-refractivity contribution in [3.05, 3.63) is 28.7 Å². The van der Waals surface area contributed by atoms with Gasteiger partial charge in [-0.1, -0.05) is 6.08 Å². The van der Waals surface area contributed by atoms with Crippen LogP contribution < -0.4 is 5.73 Å². The van der Waals surface area contributed by atoms with Crippen molar-refractivity contribution in [2.24, 2.45) is 5.73 Å². The SMILES string of the molecule is C=CC[C@H](N)c1csc(C)n1. The summed E-state index contributed by atoms with van der Waals surface area (Å²) in [4.78, 5) is 4.27. The Morgan fingerprint density at radius 2 is 2.64 bits per heavy atom. The summed E-state index contributed by atoms with van der Waals surface area (Å²) in [5.74, 6) is 0. The van der Waals surface area contributed by atoms with E-state index in [1.165, 1.54) is 0 Å². The van der Waals surface area contributed by atoms with Gasteiger partial charge in [-0.05, 0) is 13.3 Å². The van der Waals surface area contributed by atoms with E-state index in [-0.39, 0.29) is 6.04 Å². The highest BCUT2D eigenvalue weighted by atomic mass is 32.1. The Labute approximate surface area is 70.8 Å². The van der Waals surface area contributed by atoms with Crippen LogP contribution in [0.2, 0.25) is 0 Å². The van der Waals surface area contributed by atoms with Crippen LogP contribution >= 0.6 is 11.3 Å². The molecular formula is C8H12N2S. The van der Waals surface area contributed by atoms with Crippen LogP contribution in [-0.2, 0) is 0 Å². The second-order valence-electron chi connectivity index (χ2n) is 2.42. The third-order valence-corrected chi connectivity index (χ3v) is 2.23. The molecule has 0 unspecified atom stereocenters. The molecule has 0 aliphatic carbocycles. The third kappa shape index (κ3) is 2.13. The lowest BCUT2D eigenvalue weighted by atomic mass is 10.2. The molecule has 1 aromatic rings. The van der Waals surface area contributed by atoms with Crippen molar-refractivity contribution < 1.29 is 0 Å². The average Bonchev–Trinajstić information content (AvgIpc) is 2.36. The number of aromatic nitrogens is 1. The van der Waals surface area contributed by atoms with Crippen LogP contribution in [0.5, 0.6) is 0 Å². The Bertz CT molecular complexity index is 242. The van der Waals surface area contributed by atoms with Crippen LogP contribution in [0.1, 0.15) is 23.2 Å². The Kier molecular flexibility index (Phi) is 2.79. The molecule has 0 aromatic carbocycles. The number of hydrogen-bond donors (Lipinski definition) is 1. The Hall–Kier alpha value is -0.670. The molecule has 1 heterocycles. The van der Waals surface area contributed by atoms with Crippen LogP contribution in [0.15, 0.2) is 18.0 Å². The van der Waals surface area contributed by atoms with Crippen molar-refractivity contribution >= 4 is 11.3 Å². The smallest absolute Gasteiger partial charge is 0.0898 e. The van der Waals surface area contributed by atoms with Gasteiger partial charge in [0.05, 0.1) is 16.7 Å². The predicted octanol–water partition coefficient (Wildman–Crippen LogP) is 2.03. The van der Waals surface area contributed by atoms with E-state index in [2.05, 4.69) is 11.6 Å². The molecule has 1 aromatic heterocycles. The first-order valence-electron chi connectivity index (χ1n) is 3.52. The Morgan fingerprint density at radius 1 is 1.91 bits per heavy atom. The number of hydrogen-bond acceptors (Lipinski definition) is 3. The summed E-state index contributed by atoms with van der Waals surface area (Å²) >= 11 is 1.63. The lowest BCUT2D eigenvalue weighted by molar-refractivity contribution is 0.718. The quantitative estimate of drug-likeness (QED) is 0.701. The molecule has 0 saturated carbocycles. The Balaban J connectivity index is 2.67. The van der Waals surface area contributed by atoms with Crippen LogP contribution in [0.3, 0.4) is 0 Å². The summed E-state index contributed by atoms with van der Waals surface area (Å²) in [5.41, 5.74) is 6.77. The standard InChI is InChI=1S/C8H12N2S/c1-3-4-7(9)8-5-11-6(2)10-8/h3,5,7H,1,4,9H2,2H3/t7-/m0/s1. The van der Waals surface area contributed by atoms with Crippen molar-refractivity contribution in [3.63, 3.8) is 0 Å². The van der Waals surface area contributed by atoms with Gasteiger partial charge in [0.2, 0.25) is 0 Å². The number of nitrogens with zero attached hydrogens (tertiary/aromatic N) is 1. The number of aryl methyl sites for hydroxylation is 1. The maximum Gasteiger partial charge on any atom is 0.0898 e. The highest BCUT2D eigenvalue weighted by Gasteiger charge is 2.06. The first-order valence-corrected chi connectivity index (χ1v) is 4.40. The zero-order valence-corrected chi connectivity index (χ0v) is 7.40. The van der Waals surface area contributed by atoms with Crippen molar-refractivity contribution in [2.75, 3.05) is 0 Å². The third-order valence-electron chi connectivity index (χ3n) is 1.44. The van der Waals surface area contributed by atoms with Gasteiger partial charge < -0.3 is 5.73 Å². The van der Waals surface area contributed by atoms with Crippen molar-refractivity contribution in [3.8, 4) is 0 Å². The fourth-order valence-electron chi connectivity index (χ4n) is 0.851. The van der Waals surface area contributed by atoms with E-state index in [0.29, 0.717) is 0 Å². The van der Waals surface area contributed by atoms with E-state index in [9.17, 15) is 0 Å². The van der Waals surface area contributed by atoms with Gasteiger partial charge in [0, 0.05) is 5.38 Å². The van der Waals surface area contributed by atoms with Gasteiger partial charge in [0.15, 0.2) is 0 Å². The van der Waals surface area contributed by atoms with E-state index in [0.717, 1.165) is 17.1 Å². The maximum absolute atomic E-state index is 5.79. The van der Waals surface area contributed by atoms with Gasteiger partial charge in [-0.2, -0.15) is 0 Å². The summed E-state index contributed by atoms with van der Waals surface area (Å²) in [6.07, 6.45) is 2.61. The van der Waals surface area contributed by atoms with Gasteiger partial charge in [-0.25, -0.2) is 4.98 Å². The summed E-state index contributed by atoms with van der Waals surface area (Å²) in [6.45, 7) is 5.61. The van der Waals surface area contributed by atoms with Gasteiger partial charge in [0.1, 0.15) is 0 Å². The van der Waals surface area contributed by atoms with Gasteiger partial charge in [-0.3, -0.25) is 0 Å². The molecule has 0 spiro atoms. The summed E-state index contributed by atoms with van der Waals surface area (Å²) in [7, 11) is 0. The normalized spacial score (nSPS) is 12.9. The molecule has 1 rings (SSSR count). The number of rotatable bonds is 3. The van der Waals surface area contributed by atoms with Crippen LogP contribution in [0, 0.1) is 6.92 Å². The topological polar surface area (TPSA) is 38.9 Å². The molecule has 0 fully saturated rings. The van der Waals surface area contributed by atoms with Crippen LogP contribution in [0.25, 0.3) is 0 Å². The molecule has 0 saturated heterocycles. The zero-order chi connectivity index (χ0) is 8.27. The minimum Gasteiger partial charge on any atom is -0.322 e. The van der Waals surface area contributed by atoms with Crippen molar-refractivity contribution in [1.82, 2.24) is 4.98 Å². The zero-order valence-electron chi connectivity index (χ0n) is 6.58. The molecule has 0 radical (unpaired) electrons. The highest BCUT2D eigenvalue weighted by Crippen LogP contribution is 2.16. The van der Waals surface area contributed by atoms with E-state index < -0.39 is 0 Å². The largest absolute Gasteiger partial charge is 0.322 e. The lowest BCUT2D eigenvalue weighted by Gasteiger charge is -2.03. The van der Waals surface area contributed by atoms with Crippen LogP contribution in [-0.4, -0.2) is 4.98 Å². The molecule has 2 N–H and O–H groups in total. The summed E-state index contributed by atoms with van der Waals surface area (Å²) < 4.78 is 0. The fourth-order valence-corrected chi connectivity index (χ4v) is 1.53. The first-order chi connectivity index (χ1) is 5.24. The maximum atomic E-state index is 5.79. The van der Waals surface area contributed by atoms with E-state index in [1.54, 1.807) is 11.3 Å². The molecule has 0 aliphatic rings. The molecule has 0 aliphatic heterocycles. The predicted molar refractivity (Wildman–Crippen MR) is 48.6 cm³/mol. The second-order valence-corrected chi connectivity index (χ2v) is 3.48. The highest BCUT2D eigenvalue weighted by molar-refractivity contribution is 7.09. The lowest BCUT2D eigenvalue weighted by Crippen LogP contribution is -2.09. The molecule has 1 atom stereocenters. The Morgan fingerprint density at radius 3 is 3.09 bits per heavy atom. The molecule has 0 amide bonds. The van der Waals surface area contributed by atoms with Crippen molar-refractivity contribution in [2.45, 2.75) is 19.4 Å². The molecule has 3 heteroatoms. The molecule has 60 valence electrons. The van der Waals surface area contributed by atoms with E-state index >= 15 is 0 Å². The van der Waals surface area contributed by atoms with E-state index in [4.69, 9.17) is 5.73 Å². The van der Waals surface area contributed by atoms with Gasteiger partial charge >= 0.3 is 0 Å². The summed E-state index contributed by atoms with van der Waals surface area (Å²) in [6, 6.07) is 0.0254. The van der Waals surface area contributed by atoms with Gasteiger partial charge in [0.25, 0.3) is 0 Å². The molecule has 11 heavy (non-hydrogen) atoms. The fraction of sp³-hybridized carbons (Fsp3) is 0.375. The van der Waals surface area contributed by atoms with E-state index in [1.807, 2.05) is 18.4 Å². The molecule has 0 bridgehead atoms.